The SMILES string of the molecule is CC(Nc1ncc(Br)cc1Br)c1ncn[nH]1. The molecule has 0 aliphatic rings. The standard InChI is InChI=1S/C9H9Br2N5/c1-5(8-13-4-14-16-8)15-9-7(11)2-6(10)3-12-9/h2-5H,1H3,(H,12,15)(H,13,14,16). The maximum Gasteiger partial charge on any atom is 0.146 e. The van der Waals surface area contributed by atoms with Crippen molar-refractivity contribution in [3.63, 3.8) is 0 Å². The van der Waals surface area contributed by atoms with Gasteiger partial charge in [-0.1, -0.05) is 0 Å². The number of nitrogens with zero attached hydrogens (tertiary/aromatic N) is 3. The van der Waals surface area contributed by atoms with Gasteiger partial charge in [-0.25, -0.2) is 9.97 Å². The van der Waals surface area contributed by atoms with E-state index in [1.165, 1.54) is 6.33 Å². The van der Waals surface area contributed by atoms with Crippen molar-refractivity contribution in [3.8, 4) is 0 Å². The average molecular weight is 347 g/mol. The summed E-state index contributed by atoms with van der Waals surface area (Å²) in [6.07, 6.45) is 3.22. The topological polar surface area (TPSA) is 66.5 Å². The molecule has 2 N–H and O–H groups in total. The molecule has 2 rings (SSSR count). The first kappa shape index (κ1) is 11.5. The molecule has 7 heteroatoms. The third-order valence-corrected chi connectivity index (χ3v) is 3.04. The van der Waals surface area contributed by atoms with Gasteiger partial charge in [0.05, 0.1) is 10.5 Å². The van der Waals surface area contributed by atoms with E-state index in [2.05, 4.69) is 57.3 Å². The Kier molecular flexibility index (Phi) is 3.55. The van der Waals surface area contributed by atoms with Gasteiger partial charge in [0.15, 0.2) is 0 Å². The zero-order valence-corrected chi connectivity index (χ0v) is 11.6. The van der Waals surface area contributed by atoms with Crippen molar-refractivity contribution in [1.29, 1.82) is 0 Å². The molecule has 2 aromatic rings. The van der Waals surface area contributed by atoms with E-state index >= 15 is 0 Å². The molecule has 1 atom stereocenters. The highest BCUT2D eigenvalue weighted by atomic mass is 79.9. The first-order chi connectivity index (χ1) is 7.66. The molecular formula is C9H9Br2N5. The van der Waals surface area contributed by atoms with E-state index in [0.29, 0.717) is 0 Å². The van der Waals surface area contributed by atoms with E-state index in [4.69, 9.17) is 0 Å². The maximum absolute atomic E-state index is 4.26. The van der Waals surface area contributed by atoms with E-state index < -0.39 is 0 Å². The van der Waals surface area contributed by atoms with Crippen molar-refractivity contribution >= 4 is 37.7 Å². The Morgan fingerprint density at radius 3 is 2.81 bits per heavy atom. The highest BCUT2D eigenvalue weighted by Gasteiger charge is 2.10. The summed E-state index contributed by atoms with van der Waals surface area (Å²) in [5.74, 6) is 1.55. The molecule has 0 aliphatic heterocycles. The molecule has 0 aliphatic carbocycles. The molecule has 2 heterocycles. The molecule has 0 saturated heterocycles. The molecule has 16 heavy (non-hydrogen) atoms. The zero-order chi connectivity index (χ0) is 11.5. The fourth-order valence-electron chi connectivity index (χ4n) is 1.22. The number of aromatic amines is 1. The second-order valence-corrected chi connectivity index (χ2v) is 4.99. The van der Waals surface area contributed by atoms with Crippen molar-refractivity contribution in [3.05, 3.63) is 33.4 Å². The number of anilines is 1. The number of aromatic nitrogens is 4. The Labute approximate surface area is 109 Å². The molecule has 0 bridgehead atoms. The fourth-order valence-corrected chi connectivity index (χ4v) is 2.32. The van der Waals surface area contributed by atoms with Gasteiger partial charge in [0.1, 0.15) is 18.0 Å². The lowest BCUT2D eigenvalue weighted by atomic mass is 10.3. The summed E-state index contributed by atoms with van der Waals surface area (Å²) in [5.41, 5.74) is 0. The molecule has 0 amide bonds. The first-order valence-corrected chi connectivity index (χ1v) is 6.18. The van der Waals surface area contributed by atoms with E-state index in [1.54, 1.807) is 6.20 Å². The second-order valence-electron chi connectivity index (χ2n) is 3.22. The molecule has 84 valence electrons. The Morgan fingerprint density at radius 2 is 2.19 bits per heavy atom. The smallest absolute Gasteiger partial charge is 0.146 e. The highest BCUT2D eigenvalue weighted by molar-refractivity contribution is 9.11. The highest BCUT2D eigenvalue weighted by Crippen LogP contribution is 2.25. The van der Waals surface area contributed by atoms with Crippen LogP contribution >= 0.6 is 31.9 Å². The van der Waals surface area contributed by atoms with Crippen LogP contribution in [-0.2, 0) is 0 Å². The maximum atomic E-state index is 4.26. The van der Waals surface area contributed by atoms with Gasteiger partial charge in [-0.15, -0.1) is 0 Å². The Balaban J connectivity index is 2.15. The number of pyridine rings is 1. The molecule has 0 spiro atoms. The van der Waals surface area contributed by atoms with Gasteiger partial charge < -0.3 is 5.32 Å². The monoisotopic (exact) mass is 345 g/mol. The Hall–Kier alpha value is -0.950. The summed E-state index contributed by atoms with van der Waals surface area (Å²) >= 11 is 6.79. The van der Waals surface area contributed by atoms with Crippen molar-refractivity contribution in [2.75, 3.05) is 5.32 Å². The summed E-state index contributed by atoms with van der Waals surface area (Å²) in [7, 11) is 0. The van der Waals surface area contributed by atoms with Crippen LogP contribution in [0.4, 0.5) is 5.82 Å². The molecular weight excluding hydrogens is 338 g/mol. The Morgan fingerprint density at radius 1 is 1.38 bits per heavy atom. The normalized spacial score (nSPS) is 12.4. The predicted molar refractivity (Wildman–Crippen MR) is 68.1 cm³/mol. The summed E-state index contributed by atoms with van der Waals surface area (Å²) in [5, 5.41) is 9.84. The quantitative estimate of drug-likeness (QED) is 0.896. The summed E-state index contributed by atoms with van der Waals surface area (Å²) in [4.78, 5) is 8.34. The molecule has 5 nitrogen and oxygen atoms in total. The van der Waals surface area contributed by atoms with Gasteiger partial charge in [0.2, 0.25) is 0 Å². The van der Waals surface area contributed by atoms with Crippen LogP contribution in [0.1, 0.15) is 18.8 Å². The van der Waals surface area contributed by atoms with E-state index in [9.17, 15) is 0 Å². The first-order valence-electron chi connectivity index (χ1n) is 4.59. The van der Waals surface area contributed by atoms with Gasteiger partial charge in [-0.3, -0.25) is 5.10 Å². The number of halogens is 2. The van der Waals surface area contributed by atoms with Crippen LogP contribution in [0.25, 0.3) is 0 Å². The summed E-state index contributed by atoms with van der Waals surface area (Å²) in [6.45, 7) is 1.98. The van der Waals surface area contributed by atoms with Gasteiger partial charge in [-0.05, 0) is 44.8 Å². The van der Waals surface area contributed by atoms with Crippen LogP contribution in [0, 0.1) is 0 Å². The van der Waals surface area contributed by atoms with Crippen LogP contribution in [0.5, 0.6) is 0 Å². The predicted octanol–water partition coefficient (Wildman–Crippen LogP) is 2.90. The van der Waals surface area contributed by atoms with Gasteiger partial charge in [0, 0.05) is 10.7 Å². The summed E-state index contributed by atoms with van der Waals surface area (Å²) in [6, 6.07) is 1.95. The third-order valence-electron chi connectivity index (χ3n) is 2.00. The van der Waals surface area contributed by atoms with Crippen molar-refractivity contribution < 1.29 is 0 Å². The molecule has 1 unspecified atom stereocenters. The van der Waals surface area contributed by atoms with Crippen molar-refractivity contribution in [2.45, 2.75) is 13.0 Å². The van der Waals surface area contributed by atoms with Crippen molar-refractivity contribution in [2.24, 2.45) is 0 Å². The minimum Gasteiger partial charge on any atom is -0.359 e. The lowest BCUT2D eigenvalue weighted by Gasteiger charge is -2.12. The number of rotatable bonds is 3. The molecule has 0 radical (unpaired) electrons. The van der Waals surface area contributed by atoms with Crippen LogP contribution < -0.4 is 5.32 Å². The second kappa shape index (κ2) is 4.92. The number of H-pyrrole nitrogens is 1. The molecule has 2 aromatic heterocycles. The average Bonchev–Trinajstić information content (AvgIpc) is 2.75. The van der Waals surface area contributed by atoms with Gasteiger partial charge >= 0.3 is 0 Å². The lowest BCUT2D eigenvalue weighted by molar-refractivity contribution is 0.789. The van der Waals surface area contributed by atoms with E-state index in [1.807, 2.05) is 13.0 Å². The van der Waals surface area contributed by atoms with Gasteiger partial charge in [0.25, 0.3) is 0 Å². The summed E-state index contributed by atoms with van der Waals surface area (Å²) < 4.78 is 1.82. The number of hydrogen-bond donors (Lipinski definition) is 2. The molecule has 0 saturated carbocycles. The lowest BCUT2D eigenvalue weighted by Crippen LogP contribution is -2.10. The van der Waals surface area contributed by atoms with Crippen molar-refractivity contribution in [1.82, 2.24) is 20.2 Å². The minimum atomic E-state index is 0.0208. The zero-order valence-electron chi connectivity index (χ0n) is 8.41. The number of hydrogen-bond acceptors (Lipinski definition) is 4. The third kappa shape index (κ3) is 2.59. The van der Waals surface area contributed by atoms with Crippen LogP contribution in [0.2, 0.25) is 0 Å². The largest absolute Gasteiger partial charge is 0.359 e. The van der Waals surface area contributed by atoms with E-state index in [-0.39, 0.29) is 6.04 Å². The van der Waals surface area contributed by atoms with Crippen LogP contribution in [0.3, 0.4) is 0 Å². The molecule has 0 aromatic carbocycles. The van der Waals surface area contributed by atoms with E-state index in [0.717, 1.165) is 20.6 Å². The van der Waals surface area contributed by atoms with Crippen LogP contribution in [-0.4, -0.2) is 20.2 Å². The molecule has 0 fully saturated rings. The Bertz CT molecular complexity index is 471. The van der Waals surface area contributed by atoms with Gasteiger partial charge in [-0.2, -0.15) is 5.10 Å². The van der Waals surface area contributed by atoms with Crippen LogP contribution in [0.15, 0.2) is 27.5 Å². The minimum absolute atomic E-state index is 0.0208. The fraction of sp³-hybridized carbons (Fsp3) is 0.222. The number of nitrogens with one attached hydrogen (secondary N) is 2.